The minimum absolute atomic E-state index is 0.0848. The number of hydrogen-bond donors (Lipinski definition) is 2. The average molecular weight is 421 g/mol. The molecule has 28 heavy (non-hydrogen) atoms. The van der Waals surface area contributed by atoms with Gasteiger partial charge in [0, 0.05) is 18.5 Å². The molecule has 2 N–H and O–H groups in total. The van der Waals surface area contributed by atoms with Crippen LogP contribution in [-0.4, -0.2) is 33.8 Å². The monoisotopic (exact) mass is 420 g/mol. The summed E-state index contributed by atoms with van der Waals surface area (Å²) >= 11 is 2.74. The third-order valence-corrected chi connectivity index (χ3v) is 7.05. The molecule has 0 aliphatic heterocycles. The molecule has 3 rings (SSSR count). The number of nitrogens with zero attached hydrogens (tertiary/aromatic N) is 2. The van der Waals surface area contributed by atoms with Crippen LogP contribution in [0.2, 0.25) is 0 Å². The van der Waals surface area contributed by atoms with E-state index >= 15 is 0 Å². The first-order valence-corrected chi connectivity index (χ1v) is 10.9. The third-order valence-electron chi connectivity index (χ3n) is 4.81. The quantitative estimate of drug-likeness (QED) is 0.441. The molecule has 3 amide bonds. The number of allylic oxidation sites excluding steroid dienone is 1. The predicted molar refractivity (Wildman–Crippen MR) is 113 cm³/mol. The number of aromatic nitrogens is 2. The van der Waals surface area contributed by atoms with Gasteiger partial charge in [-0.25, -0.2) is 9.78 Å². The van der Waals surface area contributed by atoms with Gasteiger partial charge in [0.2, 0.25) is 5.91 Å². The lowest BCUT2D eigenvalue weighted by Crippen LogP contribution is -2.41. The van der Waals surface area contributed by atoms with Gasteiger partial charge in [-0.15, -0.1) is 17.9 Å². The van der Waals surface area contributed by atoms with Gasteiger partial charge in [0.15, 0.2) is 5.16 Å². The molecule has 9 heteroatoms. The standard InChI is InChI=1S/C19H24N4O3S2/c1-5-8-23-17(25)14-12-7-6-10(2)9-13(12)28-16(14)22-19(23)27-11(3)15(24)21-18(26)20-4/h5,10-11H,1,6-9H2,2-4H3,(H2,20,21,24,26). The second kappa shape index (κ2) is 8.48. The van der Waals surface area contributed by atoms with E-state index in [1.54, 1.807) is 28.9 Å². The first-order valence-electron chi connectivity index (χ1n) is 9.20. The molecule has 7 nitrogen and oxygen atoms in total. The highest BCUT2D eigenvalue weighted by molar-refractivity contribution is 8.00. The van der Waals surface area contributed by atoms with Crippen LogP contribution in [0.1, 0.15) is 30.7 Å². The van der Waals surface area contributed by atoms with Crippen LogP contribution in [0.4, 0.5) is 4.79 Å². The SMILES string of the molecule is C=CCn1c(SC(C)C(=O)NC(=O)NC)nc2sc3c(c2c1=O)CCC(C)C3. The van der Waals surface area contributed by atoms with Crippen molar-refractivity contribution in [3.05, 3.63) is 33.4 Å². The first-order chi connectivity index (χ1) is 13.3. The summed E-state index contributed by atoms with van der Waals surface area (Å²) in [6.07, 6.45) is 4.60. The van der Waals surface area contributed by atoms with E-state index in [0.29, 0.717) is 23.0 Å². The summed E-state index contributed by atoms with van der Waals surface area (Å²) in [5.74, 6) is 0.168. The number of hydrogen-bond acceptors (Lipinski definition) is 6. The molecule has 150 valence electrons. The summed E-state index contributed by atoms with van der Waals surface area (Å²) < 4.78 is 1.56. The second-order valence-corrected chi connectivity index (χ2v) is 9.35. The molecule has 2 atom stereocenters. The summed E-state index contributed by atoms with van der Waals surface area (Å²) in [5.41, 5.74) is 1.05. The van der Waals surface area contributed by atoms with Gasteiger partial charge in [-0.2, -0.15) is 0 Å². The Morgan fingerprint density at radius 1 is 1.50 bits per heavy atom. The fourth-order valence-corrected chi connectivity index (χ4v) is 5.61. The van der Waals surface area contributed by atoms with Crippen molar-refractivity contribution in [1.82, 2.24) is 20.2 Å². The number of thiophene rings is 1. The number of carbonyl (C=O) groups excluding carboxylic acids is 2. The van der Waals surface area contributed by atoms with Crippen LogP contribution in [0.25, 0.3) is 10.2 Å². The van der Waals surface area contributed by atoms with Gasteiger partial charge in [0.05, 0.1) is 10.6 Å². The molecule has 1 aliphatic rings. The van der Waals surface area contributed by atoms with Crippen molar-refractivity contribution in [2.24, 2.45) is 5.92 Å². The Labute approximate surface area is 171 Å². The molecule has 0 spiro atoms. The molecule has 0 radical (unpaired) electrons. The van der Waals surface area contributed by atoms with Crippen LogP contribution in [0.3, 0.4) is 0 Å². The number of thioether (sulfide) groups is 1. The molecule has 0 saturated carbocycles. The number of urea groups is 1. The first kappa shape index (κ1) is 20.6. The van der Waals surface area contributed by atoms with Crippen molar-refractivity contribution >= 4 is 45.3 Å². The molecule has 0 aromatic carbocycles. The van der Waals surface area contributed by atoms with Gasteiger partial charge in [-0.1, -0.05) is 24.8 Å². The van der Waals surface area contributed by atoms with Crippen LogP contribution >= 0.6 is 23.1 Å². The summed E-state index contributed by atoms with van der Waals surface area (Å²) in [6.45, 7) is 7.96. The van der Waals surface area contributed by atoms with Crippen LogP contribution in [0.5, 0.6) is 0 Å². The normalized spacial score (nSPS) is 17.0. The number of fused-ring (bicyclic) bond motifs is 3. The van der Waals surface area contributed by atoms with Crippen molar-refractivity contribution in [2.45, 2.75) is 50.1 Å². The van der Waals surface area contributed by atoms with Crippen molar-refractivity contribution in [3.63, 3.8) is 0 Å². The minimum atomic E-state index is -0.590. The van der Waals surface area contributed by atoms with E-state index in [1.807, 2.05) is 0 Å². The zero-order chi connectivity index (χ0) is 20.4. The third kappa shape index (κ3) is 4.00. The number of aryl methyl sites for hydroxylation is 1. The summed E-state index contributed by atoms with van der Waals surface area (Å²) in [5, 5.41) is 5.18. The van der Waals surface area contributed by atoms with E-state index in [2.05, 4.69) is 24.1 Å². The zero-order valence-corrected chi connectivity index (χ0v) is 17.8. The molecule has 2 aromatic rings. The fourth-order valence-electron chi connectivity index (χ4n) is 3.27. The van der Waals surface area contributed by atoms with Gasteiger partial charge >= 0.3 is 6.03 Å². The van der Waals surface area contributed by atoms with Gasteiger partial charge in [-0.05, 0) is 37.7 Å². The van der Waals surface area contributed by atoms with E-state index in [9.17, 15) is 14.4 Å². The maximum atomic E-state index is 13.2. The molecular weight excluding hydrogens is 396 g/mol. The number of rotatable bonds is 5. The molecular formula is C19H24N4O3S2. The lowest BCUT2D eigenvalue weighted by molar-refractivity contribution is -0.119. The maximum Gasteiger partial charge on any atom is 0.321 e. The Kier molecular flexibility index (Phi) is 6.24. The molecule has 0 bridgehead atoms. The summed E-state index contributed by atoms with van der Waals surface area (Å²) in [7, 11) is 1.44. The van der Waals surface area contributed by atoms with Crippen LogP contribution < -0.4 is 16.2 Å². The lowest BCUT2D eigenvalue weighted by Gasteiger charge is -2.18. The number of amides is 3. The van der Waals surface area contributed by atoms with Crippen molar-refractivity contribution in [2.75, 3.05) is 7.05 Å². The second-order valence-electron chi connectivity index (χ2n) is 6.96. The highest BCUT2D eigenvalue weighted by atomic mass is 32.2. The predicted octanol–water partition coefficient (Wildman–Crippen LogP) is 2.71. The number of carbonyl (C=O) groups is 2. The summed E-state index contributed by atoms with van der Waals surface area (Å²) in [6, 6.07) is -0.565. The molecule has 0 saturated heterocycles. The Morgan fingerprint density at radius 2 is 2.25 bits per heavy atom. The van der Waals surface area contributed by atoms with Gasteiger partial charge in [-0.3, -0.25) is 19.5 Å². The van der Waals surface area contributed by atoms with E-state index in [1.165, 1.54) is 11.9 Å². The van der Waals surface area contributed by atoms with Crippen molar-refractivity contribution < 1.29 is 9.59 Å². The van der Waals surface area contributed by atoms with E-state index in [4.69, 9.17) is 4.98 Å². The van der Waals surface area contributed by atoms with Crippen molar-refractivity contribution in [1.29, 1.82) is 0 Å². The van der Waals surface area contributed by atoms with Crippen LogP contribution in [0, 0.1) is 5.92 Å². The van der Waals surface area contributed by atoms with E-state index < -0.39 is 17.2 Å². The van der Waals surface area contributed by atoms with Crippen molar-refractivity contribution in [3.8, 4) is 0 Å². The van der Waals surface area contributed by atoms with E-state index in [-0.39, 0.29) is 5.56 Å². The molecule has 2 unspecified atom stereocenters. The maximum absolute atomic E-state index is 13.2. The minimum Gasteiger partial charge on any atom is -0.341 e. The number of imide groups is 1. The highest BCUT2D eigenvalue weighted by Gasteiger charge is 2.26. The molecule has 2 heterocycles. The average Bonchev–Trinajstić information content (AvgIpc) is 3.01. The Bertz CT molecular complexity index is 995. The fraction of sp³-hybridized carbons (Fsp3) is 0.474. The van der Waals surface area contributed by atoms with Crippen LogP contribution in [0.15, 0.2) is 22.6 Å². The zero-order valence-electron chi connectivity index (χ0n) is 16.2. The molecule has 2 aromatic heterocycles. The smallest absolute Gasteiger partial charge is 0.321 e. The Morgan fingerprint density at radius 3 is 2.93 bits per heavy atom. The Balaban J connectivity index is 2.01. The lowest BCUT2D eigenvalue weighted by atomic mass is 9.89. The summed E-state index contributed by atoms with van der Waals surface area (Å²) in [4.78, 5) is 43.5. The van der Waals surface area contributed by atoms with Gasteiger partial charge in [0.25, 0.3) is 5.56 Å². The highest BCUT2D eigenvalue weighted by Crippen LogP contribution is 2.36. The number of nitrogens with one attached hydrogen (secondary N) is 2. The van der Waals surface area contributed by atoms with Crippen LogP contribution in [-0.2, 0) is 24.2 Å². The van der Waals surface area contributed by atoms with Gasteiger partial charge in [0.1, 0.15) is 4.83 Å². The van der Waals surface area contributed by atoms with Gasteiger partial charge < -0.3 is 5.32 Å². The largest absolute Gasteiger partial charge is 0.341 e. The molecule has 1 aliphatic carbocycles. The van der Waals surface area contributed by atoms with E-state index in [0.717, 1.165) is 41.4 Å². The molecule has 0 fully saturated rings. The Hall–Kier alpha value is -2.13. The topological polar surface area (TPSA) is 93.1 Å².